The molecule has 0 spiro atoms. The van der Waals surface area contributed by atoms with Crippen LogP contribution in [0.2, 0.25) is 0 Å². The van der Waals surface area contributed by atoms with Gasteiger partial charge in [0.1, 0.15) is 22.4 Å². The van der Waals surface area contributed by atoms with Gasteiger partial charge < -0.3 is 0 Å². The highest BCUT2D eigenvalue weighted by Gasteiger charge is 2.21. The van der Waals surface area contributed by atoms with Gasteiger partial charge in [0, 0.05) is 28.9 Å². The second-order valence-electron chi connectivity index (χ2n) is 8.85. The van der Waals surface area contributed by atoms with Gasteiger partial charge in [-0.3, -0.25) is 14.1 Å². The summed E-state index contributed by atoms with van der Waals surface area (Å²) in [5.41, 5.74) is 7.02. The molecule has 0 aliphatic heterocycles. The predicted octanol–water partition coefficient (Wildman–Crippen LogP) is 6.61. The summed E-state index contributed by atoms with van der Waals surface area (Å²) in [7, 11) is 0. The second kappa shape index (κ2) is 7.20. The van der Waals surface area contributed by atoms with Gasteiger partial charge in [-0.25, -0.2) is 15.0 Å². The van der Waals surface area contributed by atoms with E-state index in [0.717, 1.165) is 66.5 Å². The number of nitrogens with zero attached hydrogens (tertiary/aromatic N) is 6. The van der Waals surface area contributed by atoms with Crippen LogP contribution in [0.4, 0.5) is 0 Å². The fourth-order valence-electron chi connectivity index (χ4n) is 5.19. The lowest BCUT2D eigenvalue weighted by atomic mass is 10.2. The van der Waals surface area contributed by atoms with Gasteiger partial charge >= 0.3 is 0 Å². The zero-order valence-electron chi connectivity index (χ0n) is 19.1. The largest absolute Gasteiger partial charge is 0.292 e. The van der Waals surface area contributed by atoms with Crippen molar-refractivity contribution in [3.05, 3.63) is 109 Å². The van der Waals surface area contributed by atoms with E-state index in [-0.39, 0.29) is 0 Å². The maximum absolute atomic E-state index is 5.27. The van der Waals surface area contributed by atoms with Crippen molar-refractivity contribution in [2.24, 2.45) is 0 Å². The zero-order chi connectivity index (χ0) is 23.6. The van der Waals surface area contributed by atoms with Crippen LogP contribution >= 0.6 is 0 Å². The van der Waals surface area contributed by atoms with Crippen LogP contribution in [0.1, 0.15) is 0 Å². The minimum Gasteiger partial charge on any atom is -0.292 e. The Hall–Kier alpha value is -5.10. The molecule has 0 N–H and O–H groups in total. The highest BCUT2D eigenvalue weighted by Crippen LogP contribution is 2.35. The van der Waals surface area contributed by atoms with Gasteiger partial charge in [0.25, 0.3) is 0 Å². The molecule has 8 rings (SSSR count). The smallest absolute Gasteiger partial charge is 0.169 e. The molecular formula is C30H18N6. The van der Waals surface area contributed by atoms with E-state index in [1.807, 2.05) is 48.7 Å². The molecule has 0 saturated heterocycles. The topological polar surface area (TPSA) is 61.4 Å². The molecule has 0 fully saturated rings. The Labute approximate surface area is 205 Å². The van der Waals surface area contributed by atoms with Crippen LogP contribution in [0.25, 0.3) is 66.5 Å². The number of pyridine rings is 2. The van der Waals surface area contributed by atoms with E-state index >= 15 is 0 Å². The molecule has 0 aliphatic carbocycles. The van der Waals surface area contributed by atoms with Crippen LogP contribution in [0, 0.1) is 0 Å². The second-order valence-corrected chi connectivity index (χ2v) is 8.85. The highest BCUT2D eigenvalue weighted by molar-refractivity contribution is 6.11. The Kier molecular flexibility index (Phi) is 3.85. The van der Waals surface area contributed by atoms with Crippen LogP contribution in [0.3, 0.4) is 0 Å². The van der Waals surface area contributed by atoms with Crippen LogP contribution in [-0.2, 0) is 0 Å². The van der Waals surface area contributed by atoms with E-state index in [0.29, 0.717) is 0 Å². The van der Waals surface area contributed by atoms with E-state index in [1.54, 1.807) is 6.20 Å². The van der Waals surface area contributed by atoms with Crippen molar-refractivity contribution in [1.82, 2.24) is 29.1 Å². The molecule has 0 bridgehead atoms. The molecule has 0 unspecified atom stereocenters. The molecule has 3 aromatic carbocycles. The highest BCUT2D eigenvalue weighted by atomic mass is 15.2. The zero-order valence-corrected chi connectivity index (χ0v) is 19.1. The van der Waals surface area contributed by atoms with Gasteiger partial charge in [0.05, 0.1) is 11.0 Å². The van der Waals surface area contributed by atoms with Crippen molar-refractivity contribution in [3.8, 4) is 11.5 Å². The van der Waals surface area contributed by atoms with Crippen molar-refractivity contribution < 1.29 is 0 Å². The lowest BCUT2D eigenvalue weighted by Gasteiger charge is -2.08. The third-order valence-corrected chi connectivity index (χ3v) is 6.79. The first-order chi connectivity index (χ1) is 17.9. The van der Waals surface area contributed by atoms with E-state index in [4.69, 9.17) is 19.9 Å². The Morgan fingerprint density at radius 1 is 0.528 bits per heavy atom. The fourth-order valence-corrected chi connectivity index (χ4v) is 5.19. The lowest BCUT2D eigenvalue weighted by Crippen LogP contribution is -2.01. The van der Waals surface area contributed by atoms with Crippen LogP contribution in [0.15, 0.2) is 109 Å². The van der Waals surface area contributed by atoms with E-state index < -0.39 is 0 Å². The van der Waals surface area contributed by atoms with Crippen LogP contribution < -0.4 is 0 Å². The minimum absolute atomic E-state index is 0.735. The van der Waals surface area contributed by atoms with Crippen molar-refractivity contribution in [2.75, 3.05) is 0 Å². The number of fused-ring (bicyclic) bond motifs is 7. The molecule has 8 aromatic rings. The number of para-hydroxylation sites is 2. The third kappa shape index (κ3) is 2.61. The summed E-state index contributed by atoms with van der Waals surface area (Å²) in [6.45, 7) is 0. The molecule has 36 heavy (non-hydrogen) atoms. The molecule has 0 radical (unpaired) electrons. The van der Waals surface area contributed by atoms with E-state index in [9.17, 15) is 0 Å². The molecule has 5 heterocycles. The van der Waals surface area contributed by atoms with Gasteiger partial charge in [-0.2, -0.15) is 0 Å². The first-order valence-corrected chi connectivity index (χ1v) is 11.8. The normalized spacial score (nSPS) is 11.9. The first-order valence-electron chi connectivity index (χ1n) is 11.8. The van der Waals surface area contributed by atoms with Crippen LogP contribution in [-0.4, -0.2) is 29.1 Å². The third-order valence-electron chi connectivity index (χ3n) is 6.79. The maximum atomic E-state index is 5.27. The fraction of sp³-hybridized carbons (Fsp3) is 0. The molecule has 6 heteroatoms. The standard InChI is InChI=1S/C30H18N6/c1-2-11-21(12-3-1)35-23-14-7-6-13-22(23)26-29(35)34-30-28(33-26)27-24(15-8-16-31-27)36(30)25-17-19-9-4-5-10-20(19)18-32-25/h1-18H. The molecule has 0 amide bonds. The molecule has 168 valence electrons. The first kappa shape index (κ1) is 19.2. The number of rotatable bonds is 2. The summed E-state index contributed by atoms with van der Waals surface area (Å²) in [5, 5.41) is 3.28. The number of hydrogen-bond donors (Lipinski definition) is 0. The number of hydrogen-bond acceptors (Lipinski definition) is 4. The van der Waals surface area contributed by atoms with Gasteiger partial charge in [-0.15, -0.1) is 0 Å². The van der Waals surface area contributed by atoms with Crippen LogP contribution in [0.5, 0.6) is 0 Å². The summed E-state index contributed by atoms with van der Waals surface area (Å²) in [6.07, 6.45) is 3.71. The Morgan fingerprint density at radius 2 is 1.28 bits per heavy atom. The predicted molar refractivity (Wildman–Crippen MR) is 144 cm³/mol. The van der Waals surface area contributed by atoms with Gasteiger partial charge in [-0.1, -0.05) is 60.7 Å². The van der Waals surface area contributed by atoms with Gasteiger partial charge in [0.15, 0.2) is 11.3 Å². The Morgan fingerprint density at radius 3 is 2.19 bits per heavy atom. The molecule has 0 atom stereocenters. The number of benzene rings is 3. The quantitative estimate of drug-likeness (QED) is 0.290. The lowest BCUT2D eigenvalue weighted by molar-refractivity contribution is 1.05. The Balaban J connectivity index is 1.55. The Bertz CT molecular complexity index is 2100. The van der Waals surface area contributed by atoms with Gasteiger partial charge in [0.2, 0.25) is 0 Å². The summed E-state index contributed by atoms with van der Waals surface area (Å²) in [4.78, 5) is 20.0. The van der Waals surface area contributed by atoms with E-state index in [1.165, 1.54) is 0 Å². The van der Waals surface area contributed by atoms with Crippen molar-refractivity contribution in [3.63, 3.8) is 0 Å². The monoisotopic (exact) mass is 462 g/mol. The number of aromatic nitrogens is 6. The SMILES string of the molecule is c1ccc(-n2c3ccccc3c3nc4c5ncccc5n(-c5cc6ccccc6cn5)c4nc32)cc1. The summed E-state index contributed by atoms with van der Waals surface area (Å²) in [6, 6.07) is 33.0. The van der Waals surface area contributed by atoms with Gasteiger partial charge in [-0.05, 0) is 41.8 Å². The molecule has 0 aliphatic rings. The van der Waals surface area contributed by atoms with E-state index in [2.05, 4.69) is 63.7 Å². The molecular weight excluding hydrogens is 444 g/mol. The van der Waals surface area contributed by atoms with Crippen molar-refractivity contribution in [2.45, 2.75) is 0 Å². The summed E-state index contributed by atoms with van der Waals surface area (Å²) in [5.74, 6) is 0.790. The average Bonchev–Trinajstić information content (AvgIpc) is 3.44. The maximum Gasteiger partial charge on any atom is 0.169 e. The summed E-state index contributed by atoms with van der Waals surface area (Å²) >= 11 is 0. The average molecular weight is 463 g/mol. The van der Waals surface area contributed by atoms with Crippen molar-refractivity contribution in [1.29, 1.82) is 0 Å². The minimum atomic E-state index is 0.735. The molecule has 5 aromatic heterocycles. The summed E-state index contributed by atoms with van der Waals surface area (Å²) < 4.78 is 4.25. The molecule has 0 saturated carbocycles. The van der Waals surface area contributed by atoms with Crippen molar-refractivity contribution >= 4 is 55.0 Å². The molecule has 6 nitrogen and oxygen atoms in total.